The quantitative estimate of drug-likeness (QED) is 0.128. The van der Waals surface area contributed by atoms with Crippen LogP contribution in [0, 0.1) is 0 Å². The van der Waals surface area contributed by atoms with E-state index in [1.165, 1.54) is 11.8 Å². The predicted octanol–water partition coefficient (Wildman–Crippen LogP) is 2.62. The lowest BCUT2D eigenvalue weighted by atomic mass is 10.0. The lowest BCUT2D eigenvalue weighted by Crippen LogP contribution is -2.44. The summed E-state index contributed by atoms with van der Waals surface area (Å²) in [5, 5.41) is 9.75. The van der Waals surface area contributed by atoms with Crippen molar-refractivity contribution in [2.24, 2.45) is 15.1 Å². The molecule has 2 heterocycles. The number of thioether (sulfide) groups is 1. The Bertz CT molecular complexity index is 1100. The van der Waals surface area contributed by atoms with Crippen LogP contribution in [0.3, 0.4) is 0 Å². The van der Waals surface area contributed by atoms with Gasteiger partial charge in [-0.2, -0.15) is 5.10 Å². The molecule has 0 aromatic heterocycles. The van der Waals surface area contributed by atoms with Crippen molar-refractivity contribution in [1.82, 2.24) is 26.1 Å². The number of benzene rings is 1. The molecule has 218 valence electrons. The molecule has 2 atom stereocenters. The number of Topliss-reactive ketones (excluding diaryl/α,β-unsaturated/α-hetero) is 1. The molecule has 1 fully saturated rings. The molecule has 2 unspecified atom stereocenters. The zero-order chi connectivity index (χ0) is 28.7. The molecule has 0 saturated carbocycles. The van der Waals surface area contributed by atoms with Crippen LogP contribution in [-0.2, 0) is 9.53 Å². The lowest BCUT2D eigenvalue weighted by Gasteiger charge is -2.33. The van der Waals surface area contributed by atoms with Crippen molar-refractivity contribution in [1.29, 1.82) is 0 Å². The van der Waals surface area contributed by atoms with E-state index in [0.29, 0.717) is 24.8 Å². The van der Waals surface area contributed by atoms with Crippen molar-refractivity contribution in [3.05, 3.63) is 58.1 Å². The average Bonchev–Trinajstić information content (AvgIpc) is 2.99. The topological polar surface area (TPSA) is 106 Å². The third kappa shape index (κ3) is 9.10. The third-order valence-corrected chi connectivity index (χ3v) is 7.84. The highest BCUT2D eigenvalue weighted by atomic mass is 32.2. The number of hydrogen-bond donors (Lipinski definition) is 3. The van der Waals surface area contributed by atoms with Crippen LogP contribution in [0.15, 0.2) is 62.1 Å². The minimum atomic E-state index is -0.337. The van der Waals surface area contributed by atoms with Gasteiger partial charge in [-0.15, -0.1) is 0 Å². The van der Waals surface area contributed by atoms with Gasteiger partial charge in [0.2, 0.25) is 0 Å². The summed E-state index contributed by atoms with van der Waals surface area (Å²) in [5.41, 5.74) is 9.10. The van der Waals surface area contributed by atoms with Gasteiger partial charge in [0.1, 0.15) is 10.9 Å². The summed E-state index contributed by atoms with van der Waals surface area (Å²) in [5.74, 6) is 0.970. The summed E-state index contributed by atoms with van der Waals surface area (Å²) in [6.45, 7) is 13.5. The number of hydrogen-bond acceptors (Lipinski definition) is 10. The van der Waals surface area contributed by atoms with Crippen molar-refractivity contribution in [2.45, 2.75) is 31.6 Å². The molecule has 1 saturated heterocycles. The Morgan fingerprint density at radius 3 is 2.77 bits per heavy atom. The molecule has 10 nitrogen and oxygen atoms in total. The maximum Gasteiger partial charge on any atom is 0.165 e. The predicted molar refractivity (Wildman–Crippen MR) is 167 cm³/mol. The molecule has 40 heavy (non-hydrogen) atoms. The third-order valence-electron chi connectivity index (χ3n) is 6.60. The van der Waals surface area contributed by atoms with Gasteiger partial charge in [0.05, 0.1) is 37.3 Å². The van der Waals surface area contributed by atoms with E-state index < -0.39 is 0 Å². The molecule has 0 amide bonds. The van der Waals surface area contributed by atoms with Crippen LogP contribution in [-0.4, -0.2) is 106 Å². The van der Waals surface area contributed by atoms with E-state index >= 15 is 0 Å². The number of carbonyl (C=O) groups excluding carboxylic acids is 1. The van der Waals surface area contributed by atoms with Gasteiger partial charge in [0.25, 0.3) is 0 Å². The van der Waals surface area contributed by atoms with Crippen LogP contribution >= 0.6 is 11.8 Å². The number of aliphatic imine (C=N–C) groups is 2. The van der Waals surface area contributed by atoms with E-state index in [1.807, 2.05) is 55.5 Å². The summed E-state index contributed by atoms with van der Waals surface area (Å²) in [6, 6.07) is 7.99. The molecule has 0 aliphatic carbocycles. The Morgan fingerprint density at radius 1 is 1.30 bits per heavy atom. The number of morpholine rings is 1. The van der Waals surface area contributed by atoms with E-state index in [1.54, 1.807) is 7.05 Å². The van der Waals surface area contributed by atoms with Gasteiger partial charge in [0.15, 0.2) is 5.78 Å². The summed E-state index contributed by atoms with van der Waals surface area (Å²) in [7, 11) is 3.71. The maximum atomic E-state index is 13.3. The van der Waals surface area contributed by atoms with Gasteiger partial charge in [-0.1, -0.05) is 55.1 Å². The number of nitrogens with one attached hydrogen (secondary N) is 3. The number of ether oxygens (including phenoxy) is 1. The first-order chi connectivity index (χ1) is 19.5. The highest BCUT2D eigenvalue weighted by molar-refractivity contribution is 8.04. The van der Waals surface area contributed by atoms with Gasteiger partial charge in [-0.05, 0) is 44.8 Å². The minimum absolute atomic E-state index is 0.128. The first-order valence-electron chi connectivity index (χ1n) is 13.9. The number of hydrazone groups is 1. The lowest BCUT2D eigenvalue weighted by molar-refractivity contribution is -0.119. The first-order valence-corrected chi connectivity index (χ1v) is 14.8. The van der Waals surface area contributed by atoms with Crippen LogP contribution in [0.4, 0.5) is 0 Å². The molecule has 11 heteroatoms. The normalized spacial score (nSPS) is 19.0. The van der Waals surface area contributed by atoms with Crippen molar-refractivity contribution in [3.8, 4) is 0 Å². The Balaban J connectivity index is 1.87. The van der Waals surface area contributed by atoms with Crippen LogP contribution in [0.2, 0.25) is 0 Å². The molecule has 3 N–H and O–H groups in total. The minimum Gasteiger partial charge on any atom is -0.378 e. The summed E-state index contributed by atoms with van der Waals surface area (Å²) < 4.78 is 5.63. The van der Waals surface area contributed by atoms with E-state index in [2.05, 4.69) is 50.9 Å². The first kappa shape index (κ1) is 31.7. The Morgan fingerprint density at radius 2 is 2.08 bits per heavy atom. The van der Waals surface area contributed by atoms with Crippen molar-refractivity contribution >= 4 is 36.3 Å². The van der Waals surface area contributed by atoms with Gasteiger partial charge < -0.3 is 20.4 Å². The fourth-order valence-corrected chi connectivity index (χ4v) is 5.56. The maximum absolute atomic E-state index is 13.3. The summed E-state index contributed by atoms with van der Waals surface area (Å²) in [4.78, 5) is 25.2. The largest absolute Gasteiger partial charge is 0.378 e. The smallest absolute Gasteiger partial charge is 0.165 e. The molecule has 1 aromatic carbocycles. The van der Waals surface area contributed by atoms with Crippen molar-refractivity contribution in [3.63, 3.8) is 0 Å². The van der Waals surface area contributed by atoms with Crippen LogP contribution in [0.1, 0.15) is 37.4 Å². The number of hydrazine groups is 1. The SMILES string of the molecule is C=NC1=C(/C(=N\C(C)c2ccccc2/C=N\NC)N2CCOCC2)C=CC(C(=O)CN(CCCNC)NCC)S1. The fraction of sp³-hybridized carbons (Fsp3) is 0.517. The molecule has 1 aromatic rings. The molecule has 2 aliphatic rings. The van der Waals surface area contributed by atoms with E-state index in [0.717, 1.165) is 61.7 Å². The second kappa shape index (κ2) is 17.1. The molecular formula is C29H44N8O2S. The standard InChI is InChI=1S/C29H44N8O2S/c1-6-34-37(15-9-14-30-3)21-26(38)27-13-12-25(29(31-4)40-27)28(36-16-18-39-19-17-36)35-22(2)24-11-8-7-10-23(24)20-33-32-5/h7-8,10-13,20,22,27,30,32,34H,4,6,9,14-19,21H2,1-3,5H3/b33-20-,35-28+. The second-order valence-corrected chi connectivity index (χ2v) is 10.6. The van der Waals surface area contributed by atoms with Gasteiger partial charge in [-0.3, -0.25) is 20.2 Å². The molecular weight excluding hydrogens is 524 g/mol. The number of amidine groups is 1. The Kier molecular flexibility index (Phi) is 13.5. The van der Waals surface area contributed by atoms with Crippen LogP contribution in [0.25, 0.3) is 0 Å². The molecule has 0 radical (unpaired) electrons. The highest BCUT2D eigenvalue weighted by Gasteiger charge is 2.29. The number of rotatable bonds is 15. The number of nitrogens with zero attached hydrogens (tertiary/aromatic N) is 5. The van der Waals surface area contributed by atoms with Gasteiger partial charge >= 0.3 is 0 Å². The molecule has 0 bridgehead atoms. The fourth-order valence-electron chi connectivity index (χ4n) is 4.60. The Labute approximate surface area is 243 Å². The number of ketones is 1. The van der Waals surface area contributed by atoms with Gasteiger partial charge in [-0.25, -0.2) is 5.01 Å². The van der Waals surface area contributed by atoms with E-state index in [9.17, 15) is 4.79 Å². The van der Waals surface area contributed by atoms with Gasteiger partial charge in [0, 0.05) is 38.8 Å². The second-order valence-electron chi connectivity index (χ2n) is 9.47. The van der Waals surface area contributed by atoms with Crippen LogP contribution < -0.4 is 16.2 Å². The summed E-state index contributed by atoms with van der Waals surface area (Å²) >= 11 is 1.44. The number of carbonyl (C=O) groups is 1. The van der Waals surface area contributed by atoms with E-state index in [-0.39, 0.29) is 17.1 Å². The van der Waals surface area contributed by atoms with Crippen molar-refractivity contribution < 1.29 is 9.53 Å². The highest BCUT2D eigenvalue weighted by Crippen LogP contribution is 2.35. The average molecular weight is 569 g/mol. The Hall–Kier alpha value is -2.83. The molecule has 0 spiro atoms. The summed E-state index contributed by atoms with van der Waals surface area (Å²) in [6.07, 6.45) is 6.74. The molecule has 2 aliphatic heterocycles. The zero-order valence-electron chi connectivity index (χ0n) is 24.2. The van der Waals surface area contributed by atoms with Crippen LogP contribution in [0.5, 0.6) is 0 Å². The van der Waals surface area contributed by atoms with E-state index in [4.69, 9.17) is 9.73 Å². The monoisotopic (exact) mass is 568 g/mol. The van der Waals surface area contributed by atoms with Crippen molar-refractivity contribution in [2.75, 3.05) is 66.6 Å². The molecule has 3 rings (SSSR count). The zero-order valence-corrected chi connectivity index (χ0v) is 25.0.